The maximum Gasteiger partial charge on any atom is 0.250 e. The summed E-state index contributed by atoms with van der Waals surface area (Å²) in [6.45, 7) is 2.03. The van der Waals surface area contributed by atoms with Crippen LogP contribution in [0, 0.1) is 6.92 Å². The number of carbonyl (C=O) groups is 1. The van der Waals surface area contributed by atoms with Crippen molar-refractivity contribution >= 4 is 39.8 Å². The number of methoxy groups -OCH3 is 2. The van der Waals surface area contributed by atoms with Crippen LogP contribution < -0.4 is 14.9 Å². The molecule has 4 rings (SSSR count). The molecule has 0 fully saturated rings. The highest BCUT2D eigenvalue weighted by Crippen LogP contribution is 2.29. The molecule has 1 amide bonds. The number of benzene rings is 3. The summed E-state index contributed by atoms with van der Waals surface area (Å²) in [5.41, 5.74) is 6.23. The number of ether oxygens (including phenoxy) is 2. The van der Waals surface area contributed by atoms with Gasteiger partial charge in [0, 0.05) is 21.3 Å². The summed E-state index contributed by atoms with van der Waals surface area (Å²) in [5.74, 6) is 1.92. The standard InChI is InChI=1S/C26H24BrN5O3S/c1-17-4-9-21(10-5-17)32-25(18-6-11-22(34-2)12-7-18)30-31-26(32)36-16-24(33)29-28-15-19-14-20(27)8-13-23(19)35-3/h4-15H,16H2,1-3H3,(H,29,33)/b28-15+. The van der Waals surface area contributed by atoms with Gasteiger partial charge in [0.2, 0.25) is 0 Å². The SMILES string of the molecule is COc1ccc(-c2nnc(SCC(=O)N/N=C/c3cc(Br)ccc3OC)n2-c2ccc(C)cc2)cc1. The van der Waals surface area contributed by atoms with E-state index in [2.05, 4.69) is 36.7 Å². The molecule has 0 spiro atoms. The number of thioether (sulfide) groups is 1. The number of amides is 1. The van der Waals surface area contributed by atoms with Crippen LogP contribution >= 0.6 is 27.7 Å². The molecule has 4 aromatic rings. The van der Waals surface area contributed by atoms with Crippen LogP contribution in [0.1, 0.15) is 11.1 Å². The predicted molar refractivity (Wildman–Crippen MR) is 145 cm³/mol. The number of aromatic nitrogens is 3. The fraction of sp³-hybridized carbons (Fsp3) is 0.154. The van der Waals surface area contributed by atoms with Gasteiger partial charge in [0.05, 0.1) is 26.2 Å². The Morgan fingerprint density at radius 2 is 1.81 bits per heavy atom. The van der Waals surface area contributed by atoms with Crippen molar-refractivity contribution in [3.05, 3.63) is 82.3 Å². The first kappa shape index (κ1) is 25.5. The molecule has 0 unspecified atom stereocenters. The third kappa shape index (κ3) is 6.13. The first-order chi connectivity index (χ1) is 17.5. The Balaban J connectivity index is 1.51. The van der Waals surface area contributed by atoms with Crippen molar-refractivity contribution < 1.29 is 14.3 Å². The Hall–Kier alpha value is -3.63. The molecule has 184 valence electrons. The molecule has 0 radical (unpaired) electrons. The van der Waals surface area contributed by atoms with Gasteiger partial charge < -0.3 is 9.47 Å². The van der Waals surface area contributed by atoms with Gasteiger partial charge in [0.25, 0.3) is 5.91 Å². The van der Waals surface area contributed by atoms with Gasteiger partial charge in [0.15, 0.2) is 11.0 Å². The van der Waals surface area contributed by atoms with E-state index in [1.54, 1.807) is 20.4 Å². The lowest BCUT2D eigenvalue weighted by Crippen LogP contribution is -2.20. The fourth-order valence-corrected chi connectivity index (χ4v) is 4.48. The van der Waals surface area contributed by atoms with E-state index in [1.165, 1.54) is 11.8 Å². The van der Waals surface area contributed by atoms with Crippen LogP contribution in [0.2, 0.25) is 0 Å². The van der Waals surface area contributed by atoms with Gasteiger partial charge in [-0.15, -0.1) is 10.2 Å². The summed E-state index contributed by atoms with van der Waals surface area (Å²) < 4.78 is 13.4. The molecule has 36 heavy (non-hydrogen) atoms. The van der Waals surface area contributed by atoms with E-state index in [0.717, 1.165) is 32.6 Å². The van der Waals surface area contributed by atoms with E-state index < -0.39 is 0 Å². The number of hydrogen-bond acceptors (Lipinski definition) is 7. The molecule has 1 aromatic heterocycles. The van der Waals surface area contributed by atoms with Crippen molar-refractivity contribution in [1.82, 2.24) is 20.2 Å². The molecule has 0 saturated carbocycles. The average Bonchev–Trinajstić information content (AvgIpc) is 3.32. The smallest absolute Gasteiger partial charge is 0.250 e. The largest absolute Gasteiger partial charge is 0.497 e. The first-order valence-electron chi connectivity index (χ1n) is 10.9. The molecular formula is C26H24BrN5O3S. The molecule has 0 aliphatic carbocycles. The molecule has 1 heterocycles. The van der Waals surface area contributed by atoms with Crippen LogP contribution in [0.15, 0.2) is 81.5 Å². The van der Waals surface area contributed by atoms with Crippen molar-refractivity contribution in [2.45, 2.75) is 12.1 Å². The minimum Gasteiger partial charge on any atom is -0.497 e. The minimum atomic E-state index is -0.269. The maximum absolute atomic E-state index is 12.5. The van der Waals surface area contributed by atoms with Crippen molar-refractivity contribution in [2.24, 2.45) is 5.10 Å². The van der Waals surface area contributed by atoms with Crippen LogP contribution in [-0.4, -0.2) is 46.9 Å². The van der Waals surface area contributed by atoms with Crippen molar-refractivity contribution in [1.29, 1.82) is 0 Å². The second kappa shape index (κ2) is 11.9. The molecule has 8 nitrogen and oxygen atoms in total. The minimum absolute atomic E-state index is 0.111. The van der Waals surface area contributed by atoms with Crippen LogP contribution in [0.25, 0.3) is 17.1 Å². The molecule has 3 aromatic carbocycles. The van der Waals surface area contributed by atoms with E-state index in [1.807, 2.05) is 78.2 Å². The summed E-state index contributed by atoms with van der Waals surface area (Å²) in [4.78, 5) is 12.5. The molecule has 0 saturated heterocycles. The predicted octanol–water partition coefficient (Wildman–Crippen LogP) is 5.26. The topological polar surface area (TPSA) is 90.6 Å². The number of halogens is 1. The average molecular weight is 566 g/mol. The van der Waals surface area contributed by atoms with Gasteiger partial charge in [-0.25, -0.2) is 5.43 Å². The molecule has 10 heteroatoms. The highest BCUT2D eigenvalue weighted by molar-refractivity contribution is 9.10. The zero-order valence-corrected chi connectivity index (χ0v) is 22.3. The molecule has 1 N–H and O–H groups in total. The second-order valence-electron chi connectivity index (χ2n) is 7.67. The zero-order chi connectivity index (χ0) is 25.5. The molecule has 0 aliphatic rings. The lowest BCUT2D eigenvalue weighted by molar-refractivity contribution is -0.118. The summed E-state index contributed by atoms with van der Waals surface area (Å²) in [5, 5.41) is 13.5. The summed E-state index contributed by atoms with van der Waals surface area (Å²) >= 11 is 4.70. The van der Waals surface area contributed by atoms with Crippen LogP contribution in [-0.2, 0) is 4.79 Å². The van der Waals surface area contributed by atoms with Crippen LogP contribution in [0.4, 0.5) is 0 Å². The highest BCUT2D eigenvalue weighted by atomic mass is 79.9. The first-order valence-corrected chi connectivity index (χ1v) is 12.7. The van der Waals surface area contributed by atoms with Gasteiger partial charge in [-0.1, -0.05) is 45.4 Å². The second-order valence-corrected chi connectivity index (χ2v) is 9.53. The van der Waals surface area contributed by atoms with Gasteiger partial charge >= 0.3 is 0 Å². The van der Waals surface area contributed by atoms with Crippen LogP contribution in [0.3, 0.4) is 0 Å². The molecule has 0 bridgehead atoms. The van der Waals surface area contributed by atoms with Gasteiger partial charge in [-0.2, -0.15) is 5.10 Å². The number of hydrazone groups is 1. The van der Waals surface area contributed by atoms with E-state index in [-0.39, 0.29) is 11.7 Å². The number of nitrogens with zero attached hydrogens (tertiary/aromatic N) is 4. The Labute approximate surface area is 221 Å². The van der Waals surface area contributed by atoms with Gasteiger partial charge in [-0.3, -0.25) is 9.36 Å². The van der Waals surface area contributed by atoms with Gasteiger partial charge in [-0.05, 0) is 61.5 Å². The van der Waals surface area contributed by atoms with E-state index in [9.17, 15) is 4.79 Å². The Bertz CT molecular complexity index is 1370. The normalized spacial score (nSPS) is 11.0. The third-order valence-electron chi connectivity index (χ3n) is 5.19. The Morgan fingerprint density at radius 3 is 2.50 bits per heavy atom. The summed E-state index contributed by atoms with van der Waals surface area (Å²) in [6.07, 6.45) is 1.54. The monoisotopic (exact) mass is 565 g/mol. The molecule has 0 aliphatic heterocycles. The number of rotatable bonds is 9. The number of hydrogen-bond donors (Lipinski definition) is 1. The van der Waals surface area contributed by atoms with Crippen LogP contribution in [0.5, 0.6) is 11.5 Å². The third-order valence-corrected chi connectivity index (χ3v) is 6.61. The summed E-state index contributed by atoms with van der Waals surface area (Å²) in [7, 11) is 3.21. The lowest BCUT2D eigenvalue weighted by atomic mass is 10.2. The van der Waals surface area contributed by atoms with E-state index >= 15 is 0 Å². The molecular weight excluding hydrogens is 542 g/mol. The van der Waals surface area contributed by atoms with Gasteiger partial charge in [0.1, 0.15) is 11.5 Å². The fourth-order valence-electron chi connectivity index (χ4n) is 3.36. The van der Waals surface area contributed by atoms with E-state index in [0.29, 0.717) is 16.7 Å². The van der Waals surface area contributed by atoms with Crippen molar-refractivity contribution in [3.8, 4) is 28.6 Å². The maximum atomic E-state index is 12.5. The number of nitrogens with one attached hydrogen (secondary N) is 1. The lowest BCUT2D eigenvalue weighted by Gasteiger charge is -2.11. The number of aryl methyl sites for hydroxylation is 1. The Morgan fingerprint density at radius 1 is 1.06 bits per heavy atom. The quantitative estimate of drug-likeness (QED) is 0.169. The van der Waals surface area contributed by atoms with E-state index in [4.69, 9.17) is 9.47 Å². The Kier molecular flexibility index (Phi) is 8.40. The number of carbonyl (C=O) groups excluding carboxylic acids is 1. The zero-order valence-electron chi connectivity index (χ0n) is 19.9. The summed E-state index contributed by atoms with van der Waals surface area (Å²) in [6, 6.07) is 21.2. The van der Waals surface area contributed by atoms with Crippen molar-refractivity contribution in [3.63, 3.8) is 0 Å². The molecule has 0 atom stereocenters. The van der Waals surface area contributed by atoms with Crippen molar-refractivity contribution in [2.75, 3.05) is 20.0 Å². The highest BCUT2D eigenvalue weighted by Gasteiger charge is 2.17.